The molecule has 0 aromatic heterocycles. The van der Waals surface area contributed by atoms with E-state index in [9.17, 15) is 5.11 Å². The molecule has 1 fully saturated rings. The van der Waals surface area contributed by atoms with Crippen molar-refractivity contribution < 1.29 is 5.11 Å². The van der Waals surface area contributed by atoms with Crippen LogP contribution >= 0.6 is 0 Å². The molecule has 2 heteroatoms. The average molecular weight is 287 g/mol. The number of hydrogen-bond donors (Lipinski definition) is 2. The molecule has 3 rings (SSSR count). The van der Waals surface area contributed by atoms with Gasteiger partial charge in [-0.2, -0.15) is 0 Å². The van der Waals surface area contributed by atoms with E-state index in [1.54, 1.807) is 11.1 Å². The zero-order valence-corrected chi connectivity index (χ0v) is 13.3. The second kappa shape index (κ2) is 6.50. The minimum atomic E-state index is -0.472. The van der Waals surface area contributed by atoms with Crippen LogP contribution in [-0.4, -0.2) is 17.3 Å². The highest BCUT2D eigenvalue weighted by atomic mass is 16.3. The van der Waals surface area contributed by atoms with E-state index < -0.39 is 5.60 Å². The van der Waals surface area contributed by atoms with Gasteiger partial charge in [0.25, 0.3) is 0 Å². The van der Waals surface area contributed by atoms with Crippen molar-refractivity contribution in [1.82, 2.24) is 5.32 Å². The number of rotatable bonds is 4. The standard InChI is InChI=1S/C19H29NO/c1-15(20-14-19(21)11-5-2-6-12-19)17-10-9-16-7-3-4-8-18(16)13-17/h9-10,13,15,20-21H,2-8,11-12,14H2,1H3. The van der Waals surface area contributed by atoms with Crippen LogP contribution in [0, 0.1) is 0 Å². The van der Waals surface area contributed by atoms with Crippen LogP contribution in [0.2, 0.25) is 0 Å². The number of aryl methyl sites for hydroxylation is 2. The first-order valence-corrected chi connectivity index (χ1v) is 8.74. The molecule has 1 atom stereocenters. The van der Waals surface area contributed by atoms with Crippen LogP contribution in [0.3, 0.4) is 0 Å². The first kappa shape index (κ1) is 15.1. The van der Waals surface area contributed by atoms with Crippen LogP contribution in [0.4, 0.5) is 0 Å². The second-order valence-electron chi connectivity index (χ2n) is 7.12. The summed E-state index contributed by atoms with van der Waals surface area (Å²) in [5.41, 5.74) is 3.99. The Kier molecular flexibility index (Phi) is 4.66. The summed E-state index contributed by atoms with van der Waals surface area (Å²) in [6.45, 7) is 2.95. The van der Waals surface area contributed by atoms with Gasteiger partial charge in [-0.3, -0.25) is 0 Å². The highest BCUT2D eigenvalue weighted by Crippen LogP contribution is 2.29. The number of benzene rings is 1. The van der Waals surface area contributed by atoms with E-state index in [2.05, 4.69) is 30.4 Å². The lowest BCUT2D eigenvalue weighted by Crippen LogP contribution is -2.42. The highest BCUT2D eigenvalue weighted by molar-refractivity contribution is 5.35. The predicted molar refractivity (Wildman–Crippen MR) is 87.5 cm³/mol. The van der Waals surface area contributed by atoms with Crippen molar-refractivity contribution in [3.63, 3.8) is 0 Å². The Labute approximate surface area is 129 Å². The van der Waals surface area contributed by atoms with E-state index in [-0.39, 0.29) is 0 Å². The smallest absolute Gasteiger partial charge is 0.0771 e. The fourth-order valence-electron chi connectivity index (χ4n) is 3.87. The Morgan fingerprint density at radius 3 is 2.52 bits per heavy atom. The molecular weight excluding hydrogens is 258 g/mol. The molecule has 1 saturated carbocycles. The van der Waals surface area contributed by atoms with Gasteiger partial charge in [0.05, 0.1) is 5.60 Å². The summed E-state index contributed by atoms with van der Waals surface area (Å²) >= 11 is 0. The van der Waals surface area contributed by atoms with Crippen LogP contribution in [0.15, 0.2) is 18.2 Å². The maximum atomic E-state index is 10.6. The molecule has 0 saturated heterocycles. The monoisotopic (exact) mass is 287 g/mol. The summed E-state index contributed by atoms with van der Waals surface area (Å²) in [4.78, 5) is 0. The number of nitrogens with one attached hydrogen (secondary N) is 1. The third kappa shape index (κ3) is 3.67. The van der Waals surface area contributed by atoms with Gasteiger partial charge in [-0.05, 0) is 62.1 Å². The van der Waals surface area contributed by atoms with Crippen LogP contribution in [-0.2, 0) is 12.8 Å². The van der Waals surface area contributed by atoms with Crippen molar-refractivity contribution in [1.29, 1.82) is 0 Å². The zero-order valence-electron chi connectivity index (χ0n) is 13.3. The Morgan fingerprint density at radius 1 is 1.05 bits per heavy atom. The summed E-state index contributed by atoms with van der Waals surface area (Å²) in [7, 11) is 0. The van der Waals surface area contributed by atoms with Crippen LogP contribution in [0.5, 0.6) is 0 Å². The lowest BCUT2D eigenvalue weighted by molar-refractivity contribution is 0.00300. The van der Waals surface area contributed by atoms with Gasteiger partial charge in [-0.15, -0.1) is 0 Å². The fourth-order valence-corrected chi connectivity index (χ4v) is 3.87. The molecule has 21 heavy (non-hydrogen) atoms. The first-order valence-electron chi connectivity index (χ1n) is 8.74. The molecule has 1 aromatic rings. The summed E-state index contributed by atoms with van der Waals surface area (Å²) in [6.07, 6.45) is 10.7. The van der Waals surface area contributed by atoms with Crippen LogP contribution in [0.1, 0.15) is 74.6 Å². The fraction of sp³-hybridized carbons (Fsp3) is 0.684. The SMILES string of the molecule is CC(NCC1(O)CCCCC1)c1ccc2c(c1)CCCC2. The van der Waals surface area contributed by atoms with Crippen molar-refractivity contribution in [3.05, 3.63) is 34.9 Å². The number of hydrogen-bond acceptors (Lipinski definition) is 2. The van der Waals surface area contributed by atoms with Crippen LogP contribution in [0.25, 0.3) is 0 Å². The molecule has 2 nitrogen and oxygen atoms in total. The van der Waals surface area contributed by atoms with E-state index in [0.717, 1.165) is 19.4 Å². The van der Waals surface area contributed by atoms with Gasteiger partial charge in [-0.1, -0.05) is 37.5 Å². The molecule has 0 radical (unpaired) electrons. The van der Waals surface area contributed by atoms with Gasteiger partial charge in [0.2, 0.25) is 0 Å². The molecule has 0 spiro atoms. The second-order valence-corrected chi connectivity index (χ2v) is 7.12. The molecule has 0 amide bonds. The van der Waals surface area contributed by atoms with Crippen molar-refractivity contribution >= 4 is 0 Å². The summed E-state index contributed by atoms with van der Waals surface area (Å²) in [5, 5.41) is 14.2. The third-order valence-electron chi connectivity index (χ3n) is 5.39. The lowest BCUT2D eigenvalue weighted by atomic mass is 9.84. The Hall–Kier alpha value is -0.860. The van der Waals surface area contributed by atoms with Gasteiger partial charge in [0.1, 0.15) is 0 Å². The number of fused-ring (bicyclic) bond motifs is 1. The highest BCUT2D eigenvalue weighted by Gasteiger charge is 2.29. The van der Waals surface area contributed by atoms with Gasteiger partial charge in [0, 0.05) is 12.6 Å². The van der Waals surface area contributed by atoms with E-state index in [0.29, 0.717) is 6.04 Å². The quantitative estimate of drug-likeness (QED) is 0.880. The third-order valence-corrected chi connectivity index (χ3v) is 5.39. The molecule has 0 bridgehead atoms. The van der Waals surface area contributed by atoms with Crippen molar-refractivity contribution in [2.75, 3.05) is 6.54 Å². The van der Waals surface area contributed by atoms with Crippen molar-refractivity contribution in [3.8, 4) is 0 Å². The Morgan fingerprint density at radius 2 is 1.76 bits per heavy atom. The molecule has 116 valence electrons. The Bertz CT molecular complexity index is 476. The molecule has 0 aliphatic heterocycles. The van der Waals surface area contributed by atoms with Gasteiger partial charge in [0.15, 0.2) is 0 Å². The Balaban J connectivity index is 1.61. The van der Waals surface area contributed by atoms with Gasteiger partial charge >= 0.3 is 0 Å². The molecule has 2 aliphatic carbocycles. The van der Waals surface area contributed by atoms with Gasteiger partial charge < -0.3 is 10.4 Å². The predicted octanol–water partition coefficient (Wildman–Crippen LogP) is 3.91. The first-order chi connectivity index (χ1) is 10.2. The topological polar surface area (TPSA) is 32.3 Å². The maximum Gasteiger partial charge on any atom is 0.0771 e. The summed E-state index contributed by atoms with van der Waals surface area (Å²) < 4.78 is 0. The lowest BCUT2D eigenvalue weighted by Gasteiger charge is -2.33. The van der Waals surface area contributed by atoms with E-state index in [1.165, 1.54) is 50.5 Å². The number of aliphatic hydroxyl groups is 1. The molecule has 0 heterocycles. The summed E-state index contributed by atoms with van der Waals surface area (Å²) in [6, 6.07) is 7.30. The largest absolute Gasteiger partial charge is 0.389 e. The molecule has 1 unspecified atom stereocenters. The van der Waals surface area contributed by atoms with Crippen LogP contribution < -0.4 is 5.32 Å². The summed E-state index contributed by atoms with van der Waals surface area (Å²) in [5.74, 6) is 0. The molecule has 2 N–H and O–H groups in total. The minimum Gasteiger partial charge on any atom is -0.389 e. The minimum absolute atomic E-state index is 0.322. The van der Waals surface area contributed by atoms with E-state index in [4.69, 9.17) is 0 Å². The molecule has 1 aromatic carbocycles. The van der Waals surface area contributed by atoms with Crippen molar-refractivity contribution in [2.24, 2.45) is 0 Å². The molecule has 2 aliphatic rings. The maximum absolute atomic E-state index is 10.6. The van der Waals surface area contributed by atoms with Gasteiger partial charge in [-0.25, -0.2) is 0 Å². The van der Waals surface area contributed by atoms with E-state index in [1.807, 2.05) is 0 Å². The zero-order chi connectivity index (χ0) is 14.7. The van der Waals surface area contributed by atoms with E-state index >= 15 is 0 Å². The average Bonchev–Trinajstić information content (AvgIpc) is 2.53. The normalized spacial score (nSPS) is 22.6. The molecular formula is C19H29NO. The van der Waals surface area contributed by atoms with Crippen molar-refractivity contribution in [2.45, 2.75) is 76.4 Å².